The normalized spacial score (nSPS) is 21.0. The molecule has 1 saturated carbocycles. The van der Waals surface area contributed by atoms with Crippen LogP contribution in [0.4, 0.5) is 9.18 Å². The number of tetrazole rings is 1. The van der Waals surface area contributed by atoms with Crippen LogP contribution < -0.4 is 0 Å². The fourth-order valence-corrected chi connectivity index (χ4v) is 5.18. The molecule has 4 aromatic rings. The number of fused-ring (bicyclic) bond motifs is 1. The number of aromatic nitrogens is 5. The Kier molecular flexibility index (Phi) is 5.00. The molecule has 2 fully saturated rings. The van der Waals surface area contributed by atoms with Crippen molar-refractivity contribution >= 4 is 17.2 Å². The summed E-state index contributed by atoms with van der Waals surface area (Å²) in [5, 5.41) is 20.6. The molecule has 9 nitrogen and oxygen atoms in total. The van der Waals surface area contributed by atoms with E-state index in [0.29, 0.717) is 52.7 Å². The summed E-state index contributed by atoms with van der Waals surface area (Å²) in [7, 11) is 0. The second kappa shape index (κ2) is 8.19. The Labute approximate surface area is 194 Å². The molecule has 1 saturated heterocycles. The number of carbonyl (C=O) groups is 1. The maximum atomic E-state index is 14.9. The van der Waals surface area contributed by atoms with E-state index in [4.69, 9.17) is 9.40 Å². The molecule has 174 valence electrons. The Hall–Kier alpha value is -3.82. The Balaban J connectivity index is 1.27. The molecule has 1 N–H and O–H groups in total. The fraction of sp³-hybridized carbons (Fsp3) is 0.375. The summed E-state index contributed by atoms with van der Waals surface area (Å²) in [5.74, 6) is 0.745. The predicted molar refractivity (Wildman–Crippen MR) is 120 cm³/mol. The van der Waals surface area contributed by atoms with Crippen molar-refractivity contribution in [2.75, 3.05) is 6.54 Å². The van der Waals surface area contributed by atoms with Crippen LogP contribution in [0.25, 0.3) is 27.9 Å². The topological polar surface area (TPSA) is 110 Å². The average molecular weight is 462 g/mol. The fourth-order valence-electron chi connectivity index (χ4n) is 5.18. The van der Waals surface area contributed by atoms with Gasteiger partial charge < -0.3 is 14.4 Å². The van der Waals surface area contributed by atoms with Gasteiger partial charge in [-0.2, -0.15) is 0 Å². The van der Waals surface area contributed by atoms with E-state index in [2.05, 4.69) is 15.5 Å². The number of oxazole rings is 1. The lowest BCUT2D eigenvalue weighted by Gasteiger charge is -2.44. The van der Waals surface area contributed by atoms with Gasteiger partial charge in [-0.15, -0.1) is 5.10 Å². The monoisotopic (exact) mass is 462 g/mol. The smallest absolute Gasteiger partial charge is 0.407 e. The molecule has 1 amide bonds. The maximum Gasteiger partial charge on any atom is 0.407 e. The van der Waals surface area contributed by atoms with Crippen molar-refractivity contribution in [2.24, 2.45) is 5.92 Å². The molecule has 2 aliphatic rings. The number of piperidine rings is 1. The van der Waals surface area contributed by atoms with Gasteiger partial charge in [0.1, 0.15) is 17.7 Å². The van der Waals surface area contributed by atoms with E-state index in [1.165, 1.54) is 17.1 Å². The van der Waals surface area contributed by atoms with E-state index < -0.39 is 6.09 Å². The highest BCUT2D eigenvalue weighted by molar-refractivity contribution is 5.81. The van der Waals surface area contributed by atoms with E-state index in [0.717, 1.165) is 25.7 Å². The average Bonchev–Trinajstić information content (AvgIpc) is 3.47. The molecule has 1 aliphatic heterocycles. The standard InChI is InChI=1S/C24H23FN6O3/c25-19-12-17(31-13-26-28-29-31)5-6-18(19)15-4-7-22-20(10-15)27-23(34-22)16-8-9-30(24(32)33)21(11-16)14-2-1-3-14/h4-7,10,12-14,16,21H,1-3,8-9,11H2,(H,32,33). The first-order valence-electron chi connectivity index (χ1n) is 11.5. The molecule has 0 radical (unpaired) electrons. The van der Waals surface area contributed by atoms with Crippen molar-refractivity contribution in [1.82, 2.24) is 30.1 Å². The third kappa shape index (κ3) is 3.59. The van der Waals surface area contributed by atoms with Gasteiger partial charge in [0.2, 0.25) is 0 Å². The molecule has 34 heavy (non-hydrogen) atoms. The van der Waals surface area contributed by atoms with Crippen molar-refractivity contribution in [2.45, 2.75) is 44.1 Å². The lowest BCUT2D eigenvalue weighted by Crippen LogP contribution is -2.50. The van der Waals surface area contributed by atoms with Gasteiger partial charge in [0, 0.05) is 30.1 Å². The number of likely N-dealkylation sites (tertiary alicyclic amines) is 1. The first-order chi connectivity index (χ1) is 16.6. The highest BCUT2D eigenvalue weighted by Gasteiger charge is 2.40. The van der Waals surface area contributed by atoms with Gasteiger partial charge in [-0.05, 0) is 71.9 Å². The zero-order valence-electron chi connectivity index (χ0n) is 18.3. The lowest BCUT2D eigenvalue weighted by atomic mass is 9.74. The second-order valence-corrected chi connectivity index (χ2v) is 9.11. The number of carboxylic acid groups (broad SMARTS) is 1. The quantitative estimate of drug-likeness (QED) is 0.471. The van der Waals surface area contributed by atoms with E-state index >= 15 is 0 Å². The van der Waals surface area contributed by atoms with Gasteiger partial charge in [-0.1, -0.05) is 12.5 Å². The van der Waals surface area contributed by atoms with E-state index in [1.807, 2.05) is 18.2 Å². The SMILES string of the molecule is O=C(O)N1CCC(c2nc3cc(-c4ccc(-n5cnnn5)cc4F)ccc3o2)CC1C1CCC1. The van der Waals surface area contributed by atoms with E-state index in [1.54, 1.807) is 17.0 Å². The first kappa shape index (κ1) is 20.8. The number of hydrogen-bond donors (Lipinski definition) is 1. The minimum Gasteiger partial charge on any atom is -0.465 e. The Morgan fingerprint density at radius 2 is 2.03 bits per heavy atom. The summed E-state index contributed by atoms with van der Waals surface area (Å²) in [5.41, 5.74) is 2.98. The molecular weight excluding hydrogens is 439 g/mol. The molecule has 2 atom stereocenters. The third-order valence-electron chi connectivity index (χ3n) is 7.22. The van der Waals surface area contributed by atoms with Crippen molar-refractivity contribution in [3.05, 3.63) is 54.4 Å². The van der Waals surface area contributed by atoms with Crippen molar-refractivity contribution in [1.29, 1.82) is 0 Å². The molecule has 2 unspecified atom stereocenters. The van der Waals surface area contributed by atoms with Crippen molar-refractivity contribution in [3.8, 4) is 16.8 Å². The summed E-state index contributed by atoms with van der Waals surface area (Å²) in [6.45, 7) is 0.490. The number of rotatable bonds is 4. The van der Waals surface area contributed by atoms with Crippen molar-refractivity contribution in [3.63, 3.8) is 0 Å². The van der Waals surface area contributed by atoms with E-state index in [-0.39, 0.29) is 17.8 Å². The largest absolute Gasteiger partial charge is 0.465 e. The van der Waals surface area contributed by atoms with Gasteiger partial charge in [0.25, 0.3) is 0 Å². The number of nitrogens with zero attached hydrogens (tertiary/aromatic N) is 6. The number of benzene rings is 2. The second-order valence-electron chi connectivity index (χ2n) is 9.11. The highest BCUT2D eigenvalue weighted by Crippen LogP contribution is 2.41. The lowest BCUT2D eigenvalue weighted by molar-refractivity contribution is 0.0498. The van der Waals surface area contributed by atoms with Crippen LogP contribution in [-0.4, -0.2) is 53.9 Å². The van der Waals surface area contributed by atoms with Crippen LogP contribution in [-0.2, 0) is 0 Å². The Morgan fingerprint density at radius 3 is 2.74 bits per heavy atom. The van der Waals surface area contributed by atoms with Crippen LogP contribution in [0.5, 0.6) is 0 Å². The highest BCUT2D eigenvalue weighted by atomic mass is 19.1. The summed E-state index contributed by atoms with van der Waals surface area (Å²) >= 11 is 0. The van der Waals surface area contributed by atoms with Crippen LogP contribution in [0.2, 0.25) is 0 Å². The minimum atomic E-state index is -0.842. The summed E-state index contributed by atoms with van der Waals surface area (Å²) in [6.07, 6.45) is 5.30. The zero-order valence-corrected chi connectivity index (χ0v) is 18.3. The van der Waals surface area contributed by atoms with Gasteiger partial charge in [0.15, 0.2) is 11.5 Å². The number of halogens is 1. The van der Waals surface area contributed by atoms with Crippen LogP contribution in [0.3, 0.4) is 0 Å². The molecule has 0 spiro atoms. The molecule has 0 bridgehead atoms. The van der Waals surface area contributed by atoms with Crippen LogP contribution in [0.15, 0.2) is 47.1 Å². The molecule has 10 heteroatoms. The third-order valence-corrected chi connectivity index (χ3v) is 7.22. The van der Waals surface area contributed by atoms with Gasteiger partial charge in [-0.3, -0.25) is 0 Å². The molecule has 1 aliphatic carbocycles. The minimum absolute atomic E-state index is 0.0170. The van der Waals surface area contributed by atoms with Gasteiger partial charge in [0.05, 0.1) is 5.69 Å². The van der Waals surface area contributed by atoms with Crippen LogP contribution in [0, 0.1) is 11.7 Å². The van der Waals surface area contributed by atoms with E-state index in [9.17, 15) is 14.3 Å². The van der Waals surface area contributed by atoms with Crippen LogP contribution in [0.1, 0.15) is 43.9 Å². The number of hydrogen-bond acceptors (Lipinski definition) is 6. The zero-order chi connectivity index (χ0) is 23.2. The summed E-state index contributed by atoms with van der Waals surface area (Å²) < 4.78 is 22.4. The molecule has 3 heterocycles. The Bertz CT molecular complexity index is 1350. The Morgan fingerprint density at radius 1 is 1.15 bits per heavy atom. The molecule has 2 aromatic heterocycles. The van der Waals surface area contributed by atoms with Gasteiger partial charge >= 0.3 is 6.09 Å². The molecule has 6 rings (SSSR count). The summed E-state index contributed by atoms with van der Waals surface area (Å²) in [4.78, 5) is 18.1. The van der Waals surface area contributed by atoms with Crippen molar-refractivity contribution < 1.29 is 18.7 Å². The van der Waals surface area contributed by atoms with Gasteiger partial charge in [-0.25, -0.2) is 18.9 Å². The number of amides is 1. The van der Waals surface area contributed by atoms with Crippen LogP contribution >= 0.6 is 0 Å². The summed E-state index contributed by atoms with van der Waals surface area (Å²) in [6, 6.07) is 10.3. The maximum absolute atomic E-state index is 14.9. The first-order valence-corrected chi connectivity index (χ1v) is 11.5. The molecule has 2 aromatic carbocycles. The predicted octanol–water partition coefficient (Wildman–Crippen LogP) is 4.64. The molecular formula is C24H23FN6O3.